The van der Waals surface area contributed by atoms with Crippen molar-refractivity contribution in [3.05, 3.63) is 0 Å². The van der Waals surface area contributed by atoms with Crippen molar-refractivity contribution in [2.24, 2.45) is 0 Å². The third-order valence-corrected chi connectivity index (χ3v) is 3.52. The van der Waals surface area contributed by atoms with Gasteiger partial charge in [-0.15, -0.1) is 0 Å². The van der Waals surface area contributed by atoms with Crippen LogP contribution in [0, 0.1) is 0 Å². The van der Waals surface area contributed by atoms with Crippen molar-refractivity contribution in [3.63, 3.8) is 0 Å². The number of nitrogens with zero attached hydrogens (tertiary/aromatic N) is 2. The quantitative estimate of drug-likeness (QED) is 0.693. The summed E-state index contributed by atoms with van der Waals surface area (Å²) in [6.45, 7) is 4.64. The summed E-state index contributed by atoms with van der Waals surface area (Å²) in [4.78, 5) is 16.3. The van der Waals surface area contributed by atoms with E-state index in [1.54, 1.807) is 0 Å². The maximum atomic E-state index is 11.7. The van der Waals surface area contributed by atoms with E-state index in [2.05, 4.69) is 10.2 Å². The molecular weight excluding hydrogens is 190 g/mol. The number of hydrogen-bond donors (Lipinski definition) is 1. The van der Waals surface area contributed by atoms with Gasteiger partial charge in [-0.3, -0.25) is 9.69 Å². The Balaban J connectivity index is 1.87. The molecule has 0 aliphatic carbocycles. The Kier molecular flexibility index (Phi) is 3.59. The molecule has 2 aliphatic heterocycles. The average Bonchev–Trinajstić information content (AvgIpc) is 2.29. The molecule has 0 aromatic carbocycles. The molecule has 2 aliphatic rings. The monoisotopic (exact) mass is 211 g/mol. The fraction of sp³-hybridized carbons (Fsp3) is 0.909. The van der Waals surface area contributed by atoms with E-state index in [9.17, 15) is 4.79 Å². The van der Waals surface area contributed by atoms with Crippen molar-refractivity contribution < 1.29 is 4.79 Å². The summed E-state index contributed by atoms with van der Waals surface area (Å²) in [6, 6.07) is 0.633. The standard InChI is InChI=1S/C11H21N3O/c1-12-8-11(15)14-7-6-13-5-3-2-4-10(13)9-14/h10,12H,2-9H2,1H3. The molecule has 4 heteroatoms. The van der Waals surface area contributed by atoms with Gasteiger partial charge in [-0.05, 0) is 26.4 Å². The molecular formula is C11H21N3O. The van der Waals surface area contributed by atoms with Gasteiger partial charge in [0.1, 0.15) is 0 Å². The second-order valence-electron chi connectivity index (χ2n) is 4.56. The van der Waals surface area contributed by atoms with Crippen LogP contribution in [0.3, 0.4) is 0 Å². The highest BCUT2D eigenvalue weighted by molar-refractivity contribution is 5.78. The molecule has 1 amide bonds. The molecule has 4 nitrogen and oxygen atoms in total. The van der Waals surface area contributed by atoms with E-state index in [0.717, 1.165) is 19.6 Å². The van der Waals surface area contributed by atoms with Crippen LogP contribution in [0.2, 0.25) is 0 Å². The zero-order valence-corrected chi connectivity index (χ0v) is 9.54. The average molecular weight is 211 g/mol. The largest absolute Gasteiger partial charge is 0.339 e. The minimum Gasteiger partial charge on any atom is -0.339 e. The Morgan fingerprint density at radius 2 is 2.20 bits per heavy atom. The Bertz CT molecular complexity index is 232. The highest BCUT2D eigenvalue weighted by atomic mass is 16.2. The maximum absolute atomic E-state index is 11.7. The third kappa shape index (κ3) is 2.49. The number of rotatable bonds is 2. The van der Waals surface area contributed by atoms with Crippen LogP contribution >= 0.6 is 0 Å². The number of hydrogen-bond acceptors (Lipinski definition) is 3. The molecule has 0 spiro atoms. The maximum Gasteiger partial charge on any atom is 0.236 e. The summed E-state index contributed by atoms with van der Waals surface area (Å²) in [5.74, 6) is 0.253. The van der Waals surface area contributed by atoms with Crippen molar-refractivity contribution in [2.75, 3.05) is 39.8 Å². The van der Waals surface area contributed by atoms with Crippen LogP contribution in [0.5, 0.6) is 0 Å². The molecule has 1 N–H and O–H groups in total. The van der Waals surface area contributed by atoms with Crippen molar-refractivity contribution >= 4 is 5.91 Å². The normalized spacial score (nSPS) is 27.5. The van der Waals surface area contributed by atoms with Gasteiger partial charge in [0.2, 0.25) is 5.91 Å². The Morgan fingerprint density at radius 3 is 3.00 bits per heavy atom. The molecule has 0 bridgehead atoms. The first-order chi connectivity index (χ1) is 7.31. The predicted octanol–water partition coefficient (Wildman–Crippen LogP) is -0.0975. The van der Waals surface area contributed by atoms with Crippen LogP contribution < -0.4 is 5.32 Å². The van der Waals surface area contributed by atoms with E-state index >= 15 is 0 Å². The summed E-state index contributed by atoms with van der Waals surface area (Å²) in [7, 11) is 1.83. The number of carbonyl (C=O) groups excluding carboxylic acids is 1. The zero-order valence-electron chi connectivity index (χ0n) is 9.54. The first-order valence-electron chi connectivity index (χ1n) is 5.97. The number of piperazine rings is 1. The van der Waals surface area contributed by atoms with E-state index in [1.165, 1.54) is 25.8 Å². The summed E-state index contributed by atoms with van der Waals surface area (Å²) in [5, 5.41) is 2.93. The Labute approximate surface area is 91.6 Å². The molecule has 2 saturated heterocycles. The number of nitrogens with one attached hydrogen (secondary N) is 1. The van der Waals surface area contributed by atoms with Gasteiger partial charge in [0.15, 0.2) is 0 Å². The molecule has 0 aromatic heterocycles. The minimum atomic E-state index is 0.253. The molecule has 2 fully saturated rings. The van der Waals surface area contributed by atoms with Crippen molar-refractivity contribution in [3.8, 4) is 0 Å². The van der Waals surface area contributed by atoms with Crippen molar-refractivity contribution in [1.29, 1.82) is 0 Å². The second-order valence-corrected chi connectivity index (χ2v) is 4.56. The van der Waals surface area contributed by atoms with Gasteiger partial charge >= 0.3 is 0 Å². The first kappa shape index (κ1) is 10.9. The van der Waals surface area contributed by atoms with Crippen LogP contribution in [0.15, 0.2) is 0 Å². The van der Waals surface area contributed by atoms with Crippen LogP contribution in [-0.2, 0) is 4.79 Å². The van der Waals surface area contributed by atoms with Gasteiger partial charge in [-0.25, -0.2) is 0 Å². The number of piperidine rings is 1. The SMILES string of the molecule is CNCC(=O)N1CCN2CCCCC2C1. The Hall–Kier alpha value is -0.610. The predicted molar refractivity (Wildman–Crippen MR) is 59.7 cm³/mol. The Morgan fingerprint density at radius 1 is 1.33 bits per heavy atom. The van der Waals surface area contributed by atoms with E-state index in [1.807, 2.05) is 11.9 Å². The molecule has 0 saturated carbocycles. The topological polar surface area (TPSA) is 35.6 Å². The zero-order chi connectivity index (χ0) is 10.7. The lowest BCUT2D eigenvalue weighted by molar-refractivity contribution is -0.133. The van der Waals surface area contributed by atoms with Crippen LogP contribution in [0.1, 0.15) is 19.3 Å². The van der Waals surface area contributed by atoms with Crippen LogP contribution in [-0.4, -0.2) is 61.5 Å². The number of carbonyl (C=O) groups is 1. The number of fused-ring (bicyclic) bond motifs is 1. The van der Waals surface area contributed by atoms with Gasteiger partial charge in [0.05, 0.1) is 6.54 Å². The molecule has 15 heavy (non-hydrogen) atoms. The fourth-order valence-electron chi connectivity index (χ4n) is 2.65. The minimum absolute atomic E-state index is 0.253. The second kappa shape index (κ2) is 4.94. The van der Waals surface area contributed by atoms with Crippen molar-refractivity contribution in [2.45, 2.75) is 25.3 Å². The smallest absolute Gasteiger partial charge is 0.236 e. The molecule has 0 aromatic rings. The van der Waals surface area contributed by atoms with Gasteiger partial charge in [0.25, 0.3) is 0 Å². The van der Waals surface area contributed by atoms with Gasteiger partial charge in [-0.2, -0.15) is 0 Å². The first-order valence-corrected chi connectivity index (χ1v) is 5.97. The summed E-state index contributed by atoms with van der Waals surface area (Å²) < 4.78 is 0. The highest BCUT2D eigenvalue weighted by Crippen LogP contribution is 2.20. The summed E-state index contributed by atoms with van der Waals surface area (Å²) in [5.41, 5.74) is 0. The molecule has 2 rings (SSSR count). The highest BCUT2D eigenvalue weighted by Gasteiger charge is 2.30. The number of likely N-dealkylation sites (N-methyl/N-ethyl adjacent to an activating group) is 1. The van der Waals surface area contributed by atoms with Gasteiger partial charge in [-0.1, -0.05) is 6.42 Å². The molecule has 86 valence electrons. The van der Waals surface area contributed by atoms with Crippen molar-refractivity contribution in [1.82, 2.24) is 15.1 Å². The molecule has 1 unspecified atom stereocenters. The van der Waals surface area contributed by atoms with E-state index in [4.69, 9.17) is 0 Å². The lowest BCUT2D eigenvalue weighted by Crippen LogP contribution is -2.57. The van der Waals surface area contributed by atoms with E-state index in [-0.39, 0.29) is 5.91 Å². The van der Waals surface area contributed by atoms with E-state index < -0.39 is 0 Å². The molecule has 2 heterocycles. The van der Waals surface area contributed by atoms with Crippen LogP contribution in [0.25, 0.3) is 0 Å². The third-order valence-electron chi connectivity index (χ3n) is 3.52. The van der Waals surface area contributed by atoms with Crippen LogP contribution in [0.4, 0.5) is 0 Å². The fourth-order valence-corrected chi connectivity index (χ4v) is 2.65. The molecule has 0 radical (unpaired) electrons. The summed E-state index contributed by atoms with van der Waals surface area (Å²) >= 11 is 0. The lowest BCUT2D eigenvalue weighted by atomic mass is 9.99. The van der Waals surface area contributed by atoms with Gasteiger partial charge < -0.3 is 10.2 Å². The lowest BCUT2D eigenvalue weighted by Gasteiger charge is -2.44. The van der Waals surface area contributed by atoms with E-state index in [0.29, 0.717) is 12.6 Å². The molecule has 1 atom stereocenters. The van der Waals surface area contributed by atoms with Gasteiger partial charge in [0, 0.05) is 25.7 Å². The number of amides is 1. The summed E-state index contributed by atoms with van der Waals surface area (Å²) in [6.07, 6.45) is 3.93.